The molecule has 1 amide bonds. The molecule has 17 atom stereocenters. The Morgan fingerprint density at radius 1 is 0.529 bits per heavy atom. The van der Waals surface area contributed by atoms with Gasteiger partial charge in [0.1, 0.15) is 73.2 Å². The van der Waals surface area contributed by atoms with Crippen LogP contribution in [-0.2, 0) is 33.2 Å². The van der Waals surface area contributed by atoms with Gasteiger partial charge in [0, 0.05) is 6.42 Å². The number of carbonyl (C=O) groups excluding carboxylic acids is 1. The number of ether oxygens (including phenoxy) is 6. The summed E-state index contributed by atoms with van der Waals surface area (Å²) in [5.41, 5.74) is 0. The Morgan fingerprint density at radius 3 is 1.54 bits per heavy atom. The summed E-state index contributed by atoms with van der Waals surface area (Å²) in [6.07, 6.45) is 8.49. The summed E-state index contributed by atoms with van der Waals surface area (Å²) in [5.74, 6) is -0.293. The first kappa shape index (κ1) is 62.0. The lowest BCUT2D eigenvalue weighted by atomic mass is 9.96. The van der Waals surface area contributed by atoms with Crippen molar-refractivity contribution >= 4 is 5.91 Å². The molecular weight excluding hydrogens is 915 g/mol. The zero-order valence-electron chi connectivity index (χ0n) is 41.5. The molecule has 0 aromatic rings. The average molecular weight is 1000 g/mol. The van der Waals surface area contributed by atoms with Gasteiger partial charge < -0.3 is 89.9 Å². The fourth-order valence-corrected chi connectivity index (χ4v) is 8.55. The van der Waals surface area contributed by atoms with Gasteiger partial charge in [-0.15, -0.1) is 0 Å². The van der Waals surface area contributed by atoms with Crippen molar-refractivity contribution in [1.29, 1.82) is 0 Å². The largest absolute Gasteiger partial charge is 0.394 e. The number of carbonyl (C=O) groups is 1. The average Bonchev–Trinajstić information content (AvgIpc) is 3.35. The number of unbranched alkanes of at least 4 members (excludes halogenated alkanes) is 13. The van der Waals surface area contributed by atoms with Crippen LogP contribution in [0.1, 0.15) is 136 Å². The second kappa shape index (κ2) is 35.8. The highest BCUT2D eigenvalue weighted by atomic mass is 16.8. The molecule has 3 saturated heterocycles. The van der Waals surface area contributed by atoms with Gasteiger partial charge in [-0.2, -0.15) is 0 Å². The third-order valence-corrected chi connectivity index (χ3v) is 12.9. The maximum Gasteiger partial charge on any atom is 0.220 e. The predicted molar refractivity (Wildman–Crippen MR) is 259 cm³/mol. The van der Waals surface area contributed by atoms with Gasteiger partial charge in [-0.3, -0.25) is 4.79 Å². The normalized spacial score (nSPS) is 33.0. The Balaban J connectivity index is 1.53. The number of nitrogens with one attached hydrogen (secondary N) is 1. The Hall–Kier alpha value is -2.25. The summed E-state index contributed by atoms with van der Waals surface area (Å²) in [4.78, 5) is 13.2. The Morgan fingerprint density at radius 2 is 0.986 bits per heavy atom. The minimum atomic E-state index is -1.98. The minimum Gasteiger partial charge on any atom is -0.394 e. The molecule has 12 N–H and O–H groups in total. The molecule has 0 aromatic heterocycles. The number of allylic oxidation sites excluding steroid dienone is 7. The molecule has 0 aliphatic carbocycles. The second-order valence-corrected chi connectivity index (χ2v) is 18.6. The van der Waals surface area contributed by atoms with Crippen LogP contribution in [0.25, 0.3) is 0 Å². The van der Waals surface area contributed by atoms with E-state index in [-0.39, 0.29) is 18.9 Å². The number of hydrogen-bond acceptors (Lipinski definition) is 18. The summed E-state index contributed by atoms with van der Waals surface area (Å²) < 4.78 is 34.0. The standard InChI is InChI=1S/C51H89NO18/c1-3-5-7-9-11-13-14-15-16-17-18-19-20-21-23-25-27-29-39(57)52-34(35(56)28-26-24-22-12-10-8-6-4-2)33-65-49-45(63)42(60)47(37(31-54)67-49)70-51-46(64)43(61)48(38(32-55)68-51)69-50-44(62)41(59)40(58)36(30-53)66-50/h5,7,11,13,15-16,26,28,34-38,40-51,53-56,58-64H,3-4,6,8-10,12,14,17-25,27,29-33H2,1-2H3,(H,52,57)/b7-5-,13-11-,16-15-,28-26+. The molecule has 19 nitrogen and oxygen atoms in total. The number of amides is 1. The van der Waals surface area contributed by atoms with Crippen molar-refractivity contribution in [2.75, 3.05) is 26.4 Å². The molecule has 0 radical (unpaired) electrons. The minimum absolute atomic E-state index is 0.229. The summed E-state index contributed by atoms with van der Waals surface area (Å²) in [5, 5.41) is 119. The van der Waals surface area contributed by atoms with E-state index < -0.39 is 124 Å². The van der Waals surface area contributed by atoms with Crippen LogP contribution in [0.3, 0.4) is 0 Å². The summed E-state index contributed by atoms with van der Waals surface area (Å²) in [7, 11) is 0. The zero-order chi connectivity index (χ0) is 51.3. The number of hydrogen-bond donors (Lipinski definition) is 12. The van der Waals surface area contributed by atoms with Crippen LogP contribution in [-0.4, -0.2) is 193 Å². The fraction of sp³-hybridized carbons (Fsp3) is 0.824. The predicted octanol–water partition coefficient (Wildman–Crippen LogP) is 1.97. The number of rotatable bonds is 35. The van der Waals surface area contributed by atoms with Gasteiger partial charge in [0.15, 0.2) is 18.9 Å². The van der Waals surface area contributed by atoms with E-state index >= 15 is 0 Å². The Bertz CT molecular complexity index is 1480. The van der Waals surface area contributed by atoms with E-state index in [0.717, 1.165) is 96.3 Å². The maximum absolute atomic E-state index is 13.2. The smallest absolute Gasteiger partial charge is 0.220 e. The van der Waals surface area contributed by atoms with Gasteiger partial charge in [-0.1, -0.05) is 127 Å². The van der Waals surface area contributed by atoms with Gasteiger partial charge in [0.2, 0.25) is 5.91 Å². The summed E-state index contributed by atoms with van der Waals surface area (Å²) >= 11 is 0. The van der Waals surface area contributed by atoms with Crippen LogP contribution in [0.5, 0.6) is 0 Å². The van der Waals surface area contributed by atoms with Gasteiger partial charge in [-0.05, 0) is 51.4 Å². The Kier molecular flexibility index (Phi) is 31.8. The molecule has 3 rings (SSSR count). The number of aliphatic hydroxyl groups excluding tert-OH is 11. The van der Waals surface area contributed by atoms with E-state index in [9.17, 15) is 61.0 Å². The lowest BCUT2D eigenvalue weighted by Crippen LogP contribution is -2.66. The molecule has 3 aliphatic heterocycles. The number of aliphatic hydroxyl groups is 11. The van der Waals surface area contributed by atoms with E-state index in [0.29, 0.717) is 6.42 Å². The van der Waals surface area contributed by atoms with Gasteiger partial charge in [0.05, 0.1) is 38.6 Å². The molecule has 3 heterocycles. The third kappa shape index (κ3) is 21.3. The molecule has 0 saturated carbocycles. The van der Waals surface area contributed by atoms with Crippen molar-refractivity contribution in [3.63, 3.8) is 0 Å². The topological polar surface area (TPSA) is 307 Å². The van der Waals surface area contributed by atoms with Gasteiger partial charge in [-0.25, -0.2) is 0 Å². The van der Waals surface area contributed by atoms with E-state index in [1.165, 1.54) is 12.8 Å². The molecule has 17 unspecified atom stereocenters. The van der Waals surface area contributed by atoms with Crippen molar-refractivity contribution in [2.45, 2.75) is 240 Å². The molecule has 0 bridgehead atoms. The summed E-state index contributed by atoms with van der Waals surface area (Å²) in [6, 6.07) is -0.975. The molecule has 0 aromatic carbocycles. The highest BCUT2D eigenvalue weighted by molar-refractivity contribution is 5.76. The summed E-state index contributed by atoms with van der Waals surface area (Å²) in [6.45, 7) is 1.50. The molecule has 0 spiro atoms. The van der Waals surface area contributed by atoms with Crippen molar-refractivity contribution in [2.24, 2.45) is 0 Å². The van der Waals surface area contributed by atoms with Crippen molar-refractivity contribution in [3.8, 4) is 0 Å². The molecule has 70 heavy (non-hydrogen) atoms. The van der Waals surface area contributed by atoms with Crippen LogP contribution in [0.2, 0.25) is 0 Å². The van der Waals surface area contributed by atoms with Crippen LogP contribution in [0.15, 0.2) is 48.6 Å². The third-order valence-electron chi connectivity index (χ3n) is 12.9. The molecule has 19 heteroatoms. The first-order valence-corrected chi connectivity index (χ1v) is 25.9. The second-order valence-electron chi connectivity index (χ2n) is 18.6. The quantitative estimate of drug-likeness (QED) is 0.0319. The van der Waals surface area contributed by atoms with E-state index in [1.807, 2.05) is 6.08 Å². The van der Waals surface area contributed by atoms with Gasteiger partial charge >= 0.3 is 0 Å². The Labute approximate surface area is 414 Å². The van der Waals surface area contributed by atoms with Crippen LogP contribution in [0.4, 0.5) is 0 Å². The van der Waals surface area contributed by atoms with Crippen molar-refractivity contribution in [1.82, 2.24) is 5.32 Å². The highest BCUT2D eigenvalue weighted by Crippen LogP contribution is 2.33. The zero-order valence-corrected chi connectivity index (χ0v) is 41.5. The van der Waals surface area contributed by atoms with E-state index in [1.54, 1.807) is 6.08 Å². The van der Waals surface area contributed by atoms with Gasteiger partial charge in [0.25, 0.3) is 0 Å². The first-order chi connectivity index (χ1) is 33.8. The SMILES string of the molecule is CC/C=C\C/C=C\C/C=C\CCCCCCCCCC(=O)NC(COC1OC(CO)C(OC2OC(CO)C(OC3OC(CO)C(O)C(O)C3O)C(O)C2O)C(O)C1O)C(O)/C=C/CCCCCCCC. The van der Waals surface area contributed by atoms with Crippen LogP contribution in [0, 0.1) is 0 Å². The maximum atomic E-state index is 13.2. The van der Waals surface area contributed by atoms with E-state index in [4.69, 9.17) is 28.4 Å². The van der Waals surface area contributed by atoms with Crippen LogP contribution < -0.4 is 5.32 Å². The van der Waals surface area contributed by atoms with Crippen molar-refractivity contribution in [3.05, 3.63) is 48.6 Å². The lowest BCUT2D eigenvalue weighted by Gasteiger charge is -2.48. The van der Waals surface area contributed by atoms with Crippen molar-refractivity contribution < 1.29 is 89.4 Å². The monoisotopic (exact) mass is 1000 g/mol. The van der Waals surface area contributed by atoms with Crippen LogP contribution >= 0.6 is 0 Å². The molecule has 406 valence electrons. The molecule has 3 aliphatic rings. The molecular formula is C51H89NO18. The highest BCUT2D eigenvalue weighted by Gasteiger charge is 2.53. The van der Waals surface area contributed by atoms with E-state index in [2.05, 4.69) is 55.6 Å². The lowest BCUT2D eigenvalue weighted by molar-refractivity contribution is -0.379. The fourth-order valence-electron chi connectivity index (χ4n) is 8.55. The molecule has 3 fully saturated rings. The first-order valence-electron chi connectivity index (χ1n) is 25.9.